The van der Waals surface area contributed by atoms with E-state index in [4.69, 9.17) is 0 Å². The highest BCUT2D eigenvalue weighted by Crippen LogP contribution is 2.49. The summed E-state index contributed by atoms with van der Waals surface area (Å²) in [6.07, 6.45) is 5.23. The third-order valence-corrected chi connectivity index (χ3v) is 6.09. The first-order chi connectivity index (χ1) is 10.6. The molecule has 4 atom stereocenters. The van der Waals surface area contributed by atoms with Crippen molar-refractivity contribution in [2.24, 2.45) is 17.8 Å². The molecule has 4 unspecified atom stereocenters. The molecule has 22 heavy (non-hydrogen) atoms. The van der Waals surface area contributed by atoms with Crippen molar-refractivity contribution < 1.29 is 9.59 Å². The van der Waals surface area contributed by atoms with Crippen LogP contribution in [0.1, 0.15) is 39.5 Å². The Morgan fingerprint density at radius 1 is 1.14 bits per heavy atom. The summed E-state index contributed by atoms with van der Waals surface area (Å²) in [4.78, 5) is 28.6. The maximum atomic E-state index is 12.3. The second kappa shape index (κ2) is 6.57. The molecule has 0 radical (unpaired) electrons. The second-order valence-electron chi connectivity index (χ2n) is 7.33. The normalized spacial score (nSPS) is 33.0. The van der Waals surface area contributed by atoms with Gasteiger partial charge in [-0.25, -0.2) is 0 Å². The zero-order valence-electron chi connectivity index (χ0n) is 13.9. The summed E-state index contributed by atoms with van der Waals surface area (Å²) in [5.41, 5.74) is 0. The summed E-state index contributed by atoms with van der Waals surface area (Å²) >= 11 is 0. The third kappa shape index (κ3) is 3.14. The lowest BCUT2D eigenvalue weighted by Gasteiger charge is -2.34. The van der Waals surface area contributed by atoms with Crippen molar-refractivity contribution in [3.63, 3.8) is 0 Å². The Balaban J connectivity index is 1.48. The van der Waals surface area contributed by atoms with Gasteiger partial charge in [-0.1, -0.05) is 13.3 Å². The molecule has 5 nitrogen and oxygen atoms in total. The van der Waals surface area contributed by atoms with Crippen molar-refractivity contribution in [1.29, 1.82) is 0 Å². The van der Waals surface area contributed by atoms with Gasteiger partial charge in [-0.15, -0.1) is 0 Å². The molecule has 0 spiro atoms. The molecular weight excluding hydrogens is 278 g/mol. The Bertz CT molecular complexity index is 432. The van der Waals surface area contributed by atoms with Gasteiger partial charge in [0, 0.05) is 32.2 Å². The maximum Gasteiger partial charge on any atom is 0.311 e. The number of piperazine rings is 1. The van der Waals surface area contributed by atoms with E-state index in [0.29, 0.717) is 19.0 Å². The van der Waals surface area contributed by atoms with Crippen molar-refractivity contribution >= 4 is 11.8 Å². The number of carbonyl (C=O) groups excluding carboxylic acids is 2. The Kier molecular flexibility index (Phi) is 4.71. The van der Waals surface area contributed by atoms with E-state index in [2.05, 4.69) is 24.1 Å². The van der Waals surface area contributed by atoms with Gasteiger partial charge in [-0.3, -0.25) is 9.59 Å². The number of fused-ring (bicyclic) bond motifs is 2. The highest BCUT2D eigenvalue weighted by Gasteiger charge is 2.42. The molecule has 0 aromatic heterocycles. The average molecular weight is 307 g/mol. The number of likely N-dealkylation sites (N-methyl/N-ethyl adjacent to an activating group) is 1. The lowest BCUT2D eigenvalue weighted by Crippen LogP contribution is -2.54. The van der Waals surface area contributed by atoms with E-state index in [1.807, 2.05) is 0 Å². The van der Waals surface area contributed by atoms with Crippen molar-refractivity contribution in [3.8, 4) is 0 Å². The largest absolute Gasteiger partial charge is 0.345 e. The Hall–Kier alpha value is -1.10. The summed E-state index contributed by atoms with van der Waals surface area (Å²) in [5.74, 6) is 1.47. The average Bonchev–Trinajstić information content (AvgIpc) is 3.17. The number of amides is 2. The SMILES string of the molecule is CCN1CCN(C(=O)C(=O)NC(C)C2CC3CCC2C3)CC1. The molecule has 3 rings (SSSR count). The summed E-state index contributed by atoms with van der Waals surface area (Å²) in [7, 11) is 0. The van der Waals surface area contributed by atoms with Crippen LogP contribution in [-0.4, -0.2) is 60.4 Å². The zero-order valence-corrected chi connectivity index (χ0v) is 13.9. The summed E-state index contributed by atoms with van der Waals surface area (Å²) in [6.45, 7) is 8.29. The predicted octanol–water partition coefficient (Wildman–Crippen LogP) is 1.09. The molecule has 0 aromatic carbocycles. The smallest absolute Gasteiger partial charge is 0.311 e. The zero-order chi connectivity index (χ0) is 15.7. The van der Waals surface area contributed by atoms with Gasteiger partial charge in [0.25, 0.3) is 0 Å². The van der Waals surface area contributed by atoms with Crippen LogP contribution in [0.25, 0.3) is 0 Å². The van der Waals surface area contributed by atoms with Gasteiger partial charge in [-0.2, -0.15) is 0 Å². The van der Waals surface area contributed by atoms with Crippen molar-refractivity contribution in [2.75, 3.05) is 32.7 Å². The number of carbonyl (C=O) groups is 2. The molecule has 1 saturated heterocycles. The Labute approximate surface area is 133 Å². The van der Waals surface area contributed by atoms with E-state index in [9.17, 15) is 9.59 Å². The number of rotatable bonds is 3. The van der Waals surface area contributed by atoms with Crippen LogP contribution in [0, 0.1) is 17.8 Å². The van der Waals surface area contributed by atoms with E-state index in [1.165, 1.54) is 25.7 Å². The minimum atomic E-state index is -0.403. The second-order valence-corrected chi connectivity index (χ2v) is 7.33. The van der Waals surface area contributed by atoms with Gasteiger partial charge >= 0.3 is 11.8 Å². The first-order valence-electron chi connectivity index (χ1n) is 8.90. The van der Waals surface area contributed by atoms with Crippen LogP contribution in [0.2, 0.25) is 0 Å². The van der Waals surface area contributed by atoms with Crippen LogP contribution >= 0.6 is 0 Å². The van der Waals surface area contributed by atoms with Gasteiger partial charge in [0.05, 0.1) is 0 Å². The Morgan fingerprint density at radius 3 is 2.41 bits per heavy atom. The van der Waals surface area contributed by atoms with Crippen LogP contribution in [-0.2, 0) is 9.59 Å². The van der Waals surface area contributed by atoms with E-state index < -0.39 is 5.91 Å². The monoisotopic (exact) mass is 307 g/mol. The van der Waals surface area contributed by atoms with Crippen LogP contribution < -0.4 is 5.32 Å². The summed E-state index contributed by atoms with van der Waals surface area (Å²) in [6, 6.07) is 0.128. The maximum absolute atomic E-state index is 12.3. The first-order valence-corrected chi connectivity index (χ1v) is 8.90. The van der Waals surface area contributed by atoms with E-state index in [0.717, 1.165) is 31.5 Å². The standard InChI is InChI=1S/C17H29N3O2/c1-3-19-6-8-20(9-7-19)17(22)16(21)18-12(2)15-11-13-4-5-14(15)10-13/h12-15H,3-11H2,1-2H3,(H,18,21). The molecule has 2 bridgehead atoms. The van der Waals surface area contributed by atoms with Crippen molar-refractivity contribution in [3.05, 3.63) is 0 Å². The molecule has 1 N–H and O–H groups in total. The fraction of sp³-hybridized carbons (Fsp3) is 0.882. The molecule has 2 amide bonds. The van der Waals surface area contributed by atoms with Gasteiger partial charge < -0.3 is 15.1 Å². The molecule has 5 heteroatoms. The Morgan fingerprint density at radius 2 is 1.86 bits per heavy atom. The van der Waals surface area contributed by atoms with Crippen LogP contribution in [0.3, 0.4) is 0 Å². The number of nitrogens with one attached hydrogen (secondary N) is 1. The molecule has 124 valence electrons. The van der Waals surface area contributed by atoms with Crippen LogP contribution in [0.4, 0.5) is 0 Å². The van der Waals surface area contributed by atoms with Gasteiger partial charge in [-0.05, 0) is 50.5 Å². The van der Waals surface area contributed by atoms with Crippen molar-refractivity contribution in [2.45, 2.75) is 45.6 Å². The molecule has 1 heterocycles. The summed E-state index contributed by atoms with van der Waals surface area (Å²) in [5, 5.41) is 2.99. The molecule has 1 aliphatic heterocycles. The third-order valence-electron chi connectivity index (χ3n) is 6.09. The number of nitrogens with zero attached hydrogens (tertiary/aromatic N) is 2. The van der Waals surface area contributed by atoms with E-state index >= 15 is 0 Å². The molecular formula is C17H29N3O2. The summed E-state index contributed by atoms with van der Waals surface area (Å²) < 4.78 is 0. The van der Waals surface area contributed by atoms with E-state index in [1.54, 1.807) is 4.90 Å². The number of hydrogen-bond acceptors (Lipinski definition) is 3. The molecule has 2 saturated carbocycles. The van der Waals surface area contributed by atoms with Gasteiger partial charge in [0.15, 0.2) is 0 Å². The van der Waals surface area contributed by atoms with Gasteiger partial charge in [0.2, 0.25) is 0 Å². The fourth-order valence-electron chi connectivity index (χ4n) is 4.69. The highest BCUT2D eigenvalue weighted by molar-refractivity contribution is 6.35. The minimum Gasteiger partial charge on any atom is -0.345 e. The molecule has 0 aromatic rings. The van der Waals surface area contributed by atoms with Crippen LogP contribution in [0.5, 0.6) is 0 Å². The fourth-order valence-corrected chi connectivity index (χ4v) is 4.69. The number of hydrogen-bond donors (Lipinski definition) is 1. The minimum absolute atomic E-state index is 0.128. The van der Waals surface area contributed by atoms with Crippen molar-refractivity contribution in [1.82, 2.24) is 15.1 Å². The lowest BCUT2D eigenvalue weighted by molar-refractivity contribution is -0.147. The lowest BCUT2D eigenvalue weighted by atomic mass is 9.84. The van der Waals surface area contributed by atoms with Crippen LogP contribution in [0.15, 0.2) is 0 Å². The topological polar surface area (TPSA) is 52.7 Å². The highest BCUT2D eigenvalue weighted by atomic mass is 16.2. The molecule has 3 fully saturated rings. The quantitative estimate of drug-likeness (QED) is 0.794. The molecule has 2 aliphatic carbocycles. The van der Waals surface area contributed by atoms with E-state index in [-0.39, 0.29) is 11.9 Å². The van der Waals surface area contributed by atoms with Gasteiger partial charge in [0.1, 0.15) is 0 Å². The predicted molar refractivity (Wildman–Crippen MR) is 85.2 cm³/mol. The first kappa shape index (κ1) is 15.8. The molecule has 3 aliphatic rings.